The van der Waals surface area contributed by atoms with Crippen LogP contribution in [-0.2, 0) is 0 Å². The van der Waals surface area contributed by atoms with E-state index in [0.717, 1.165) is 31.7 Å². The van der Waals surface area contributed by atoms with E-state index in [1.165, 1.54) is 13.0 Å². The Labute approximate surface area is 107 Å². The first-order valence-corrected chi connectivity index (χ1v) is 7.32. The van der Waals surface area contributed by atoms with Crippen molar-refractivity contribution >= 4 is 0 Å². The molecular formula is C15H31NO. The molecule has 3 atom stereocenters. The molecule has 0 heterocycles. The van der Waals surface area contributed by atoms with Crippen LogP contribution >= 0.6 is 0 Å². The van der Waals surface area contributed by atoms with Gasteiger partial charge in [-0.2, -0.15) is 0 Å². The maximum absolute atomic E-state index is 9.92. The summed E-state index contributed by atoms with van der Waals surface area (Å²) in [5.74, 6) is 0.754. The van der Waals surface area contributed by atoms with Gasteiger partial charge in [0, 0.05) is 12.6 Å². The quantitative estimate of drug-likeness (QED) is 0.798. The zero-order chi connectivity index (χ0) is 13.1. The number of rotatable bonds is 5. The number of aliphatic hydroxyl groups excluding tert-OH is 1. The van der Waals surface area contributed by atoms with Crippen LogP contribution in [0.4, 0.5) is 0 Å². The summed E-state index contributed by atoms with van der Waals surface area (Å²) in [5, 5.41) is 9.92. The number of hydrogen-bond donors (Lipinski definition) is 1. The highest BCUT2D eigenvalue weighted by atomic mass is 16.3. The second-order valence-electron chi connectivity index (χ2n) is 6.53. The molecule has 2 heteroatoms. The first-order chi connectivity index (χ1) is 7.90. The summed E-state index contributed by atoms with van der Waals surface area (Å²) in [4.78, 5) is 2.59. The summed E-state index contributed by atoms with van der Waals surface area (Å²) < 4.78 is 0. The van der Waals surface area contributed by atoms with E-state index in [9.17, 15) is 5.11 Å². The molecule has 0 aromatic heterocycles. The topological polar surface area (TPSA) is 23.5 Å². The van der Waals surface area contributed by atoms with Gasteiger partial charge in [0.25, 0.3) is 0 Å². The van der Waals surface area contributed by atoms with Gasteiger partial charge in [-0.3, -0.25) is 4.90 Å². The molecule has 1 saturated carbocycles. The highest BCUT2D eigenvalue weighted by Gasteiger charge is 2.38. The van der Waals surface area contributed by atoms with Crippen molar-refractivity contribution in [1.29, 1.82) is 0 Å². The van der Waals surface area contributed by atoms with Crippen LogP contribution in [-0.4, -0.2) is 35.2 Å². The fraction of sp³-hybridized carbons (Fsp3) is 1.00. The number of hydrogen-bond acceptors (Lipinski definition) is 2. The van der Waals surface area contributed by atoms with Crippen LogP contribution in [0.5, 0.6) is 0 Å². The Morgan fingerprint density at radius 3 is 2.53 bits per heavy atom. The van der Waals surface area contributed by atoms with Gasteiger partial charge in [0.1, 0.15) is 0 Å². The first-order valence-electron chi connectivity index (χ1n) is 7.32. The van der Waals surface area contributed by atoms with E-state index >= 15 is 0 Å². The lowest BCUT2D eigenvalue weighted by molar-refractivity contribution is -0.0145. The zero-order valence-corrected chi connectivity index (χ0v) is 12.4. The van der Waals surface area contributed by atoms with Gasteiger partial charge in [0.15, 0.2) is 0 Å². The molecule has 2 nitrogen and oxygen atoms in total. The Balaban J connectivity index is 2.70. The number of aliphatic hydroxyl groups is 1. The standard InChI is InChI=1S/C15H31NO/c1-6-12(3)11-16(7-2)14-10-13(17)8-9-15(14,4)5/h12-14,17H,6-11H2,1-5H3. The molecule has 1 aliphatic carbocycles. The molecule has 1 aliphatic rings. The molecule has 0 radical (unpaired) electrons. The molecule has 3 unspecified atom stereocenters. The van der Waals surface area contributed by atoms with Crippen LogP contribution in [0.1, 0.15) is 60.3 Å². The van der Waals surface area contributed by atoms with Crippen LogP contribution in [0.2, 0.25) is 0 Å². The average molecular weight is 241 g/mol. The molecule has 0 saturated heterocycles. The third-order valence-corrected chi connectivity index (χ3v) is 4.61. The lowest BCUT2D eigenvalue weighted by atomic mass is 9.71. The molecule has 0 aliphatic heterocycles. The SMILES string of the molecule is CCC(C)CN(CC)C1CC(O)CCC1(C)C. The van der Waals surface area contributed by atoms with E-state index < -0.39 is 0 Å². The van der Waals surface area contributed by atoms with Gasteiger partial charge in [0.2, 0.25) is 0 Å². The first kappa shape index (κ1) is 15.0. The predicted molar refractivity (Wildman–Crippen MR) is 74.1 cm³/mol. The third-order valence-electron chi connectivity index (χ3n) is 4.61. The highest BCUT2D eigenvalue weighted by molar-refractivity contribution is 4.92. The lowest BCUT2D eigenvalue weighted by Gasteiger charge is -2.47. The molecule has 102 valence electrons. The fourth-order valence-corrected chi connectivity index (χ4v) is 3.05. The van der Waals surface area contributed by atoms with E-state index in [0.29, 0.717) is 11.5 Å². The molecule has 1 fully saturated rings. The minimum atomic E-state index is -0.0843. The Bertz CT molecular complexity index is 227. The third kappa shape index (κ3) is 3.96. The van der Waals surface area contributed by atoms with Crippen molar-refractivity contribution in [3.63, 3.8) is 0 Å². The zero-order valence-electron chi connectivity index (χ0n) is 12.4. The maximum atomic E-state index is 9.92. The summed E-state index contributed by atoms with van der Waals surface area (Å²) in [5.41, 5.74) is 0.350. The van der Waals surface area contributed by atoms with Crippen molar-refractivity contribution in [3.05, 3.63) is 0 Å². The highest BCUT2D eigenvalue weighted by Crippen LogP contribution is 2.39. The second kappa shape index (κ2) is 6.19. The normalized spacial score (nSPS) is 30.5. The van der Waals surface area contributed by atoms with E-state index in [-0.39, 0.29) is 6.10 Å². The molecule has 0 amide bonds. The monoisotopic (exact) mass is 241 g/mol. The smallest absolute Gasteiger partial charge is 0.0555 e. The summed E-state index contributed by atoms with van der Waals surface area (Å²) >= 11 is 0. The predicted octanol–water partition coefficient (Wildman–Crippen LogP) is 3.29. The molecule has 0 aromatic rings. The molecule has 1 N–H and O–H groups in total. The summed E-state index contributed by atoms with van der Waals surface area (Å²) in [6, 6.07) is 0.547. The van der Waals surface area contributed by atoms with Gasteiger partial charge in [-0.15, -0.1) is 0 Å². The maximum Gasteiger partial charge on any atom is 0.0555 e. The van der Waals surface area contributed by atoms with Crippen LogP contribution < -0.4 is 0 Å². The minimum absolute atomic E-state index is 0.0843. The fourth-order valence-electron chi connectivity index (χ4n) is 3.05. The van der Waals surface area contributed by atoms with E-state index in [1.807, 2.05) is 0 Å². The molecular weight excluding hydrogens is 210 g/mol. The van der Waals surface area contributed by atoms with E-state index in [4.69, 9.17) is 0 Å². The Kier molecular flexibility index (Phi) is 5.46. The van der Waals surface area contributed by atoms with Crippen LogP contribution in [0.15, 0.2) is 0 Å². The van der Waals surface area contributed by atoms with Crippen molar-refractivity contribution in [3.8, 4) is 0 Å². The van der Waals surface area contributed by atoms with Gasteiger partial charge in [-0.05, 0) is 37.1 Å². The van der Waals surface area contributed by atoms with Crippen LogP contribution in [0, 0.1) is 11.3 Å². The van der Waals surface area contributed by atoms with Gasteiger partial charge >= 0.3 is 0 Å². The number of nitrogens with zero attached hydrogens (tertiary/aromatic N) is 1. The lowest BCUT2D eigenvalue weighted by Crippen LogP contribution is -2.51. The van der Waals surface area contributed by atoms with Crippen LogP contribution in [0.3, 0.4) is 0 Å². The Morgan fingerprint density at radius 1 is 1.35 bits per heavy atom. The van der Waals surface area contributed by atoms with Gasteiger partial charge in [0.05, 0.1) is 6.10 Å². The van der Waals surface area contributed by atoms with E-state index in [1.54, 1.807) is 0 Å². The minimum Gasteiger partial charge on any atom is -0.393 e. The Morgan fingerprint density at radius 2 is 2.00 bits per heavy atom. The van der Waals surface area contributed by atoms with Crippen LogP contribution in [0.25, 0.3) is 0 Å². The van der Waals surface area contributed by atoms with Gasteiger partial charge < -0.3 is 5.11 Å². The molecule has 0 bridgehead atoms. The second-order valence-corrected chi connectivity index (χ2v) is 6.53. The van der Waals surface area contributed by atoms with Crippen molar-refractivity contribution in [2.24, 2.45) is 11.3 Å². The Hall–Kier alpha value is -0.0800. The summed E-state index contributed by atoms with van der Waals surface area (Å²) in [7, 11) is 0. The van der Waals surface area contributed by atoms with E-state index in [2.05, 4.69) is 39.5 Å². The van der Waals surface area contributed by atoms with Crippen molar-refractivity contribution in [2.45, 2.75) is 72.4 Å². The summed E-state index contributed by atoms with van der Waals surface area (Å²) in [6.45, 7) is 13.8. The molecule has 17 heavy (non-hydrogen) atoms. The average Bonchev–Trinajstić information content (AvgIpc) is 2.29. The molecule has 0 spiro atoms. The largest absolute Gasteiger partial charge is 0.393 e. The van der Waals surface area contributed by atoms with Gasteiger partial charge in [-0.25, -0.2) is 0 Å². The molecule has 1 rings (SSSR count). The van der Waals surface area contributed by atoms with Crippen molar-refractivity contribution in [2.75, 3.05) is 13.1 Å². The van der Waals surface area contributed by atoms with Crippen molar-refractivity contribution in [1.82, 2.24) is 4.90 Å². The van der Waals surface area contributed by atoms with Crippen molar-refractivity contribution < 1.29 is 5.11 Å². The molecule has 0 aromatic carbocycles. The summed E-state index contributed by atoms with van der Waals surface area (Å²) in [6.07, 6.45) is 4.24. The van der Waals surface area contributed by atoms with Gasteiger partial charge in [-0.1, -0.05) is 41.0 Å².